The number of nitrogens with two attached hydrogens (primary N) is 1. The van der Waals surface area contributed by atoms with E-state index in [1.165, 1.54) is 0 Å². The van der Waals surface area contributed by atoms with Gasteiger partial charge in [-0.25, -0.2) is 0 Å². The molecule has 5 nitrogen and oxygen atoms in total. The van der Waals surface area contributed by atoms with E-state index < -0.39 is 0 Å². The summed E-state index contributed by atoms with van der Waals surface area (Å²) in [6.45, 7) is 1.92. The van der Waals surface area contributed by atoms with E-state index in [0.717, 1.165) is 19.3 Å². The summed E-state index contributed by atoms with van der Waals surface area (Å²) >= 11 is 0. The van der Waals surface area contributed by atoms with E-state index in [4.69, 9.17) is 15.2 Å². The second-order valence-electron chi connectivity index (χ2n) is 4.89. The lowest BCUT2D eigenvalue weighted by atomic mass is 10.1. The van der Waals surface area contributed by atoms with E-state index in [9.17, 15) is 4.79 Å². The van der Waals surface area contributed by atoms with Crippen LogP contribution in [0.2, 0.25) is 0 Å². The highest BCUT2D eigenvalue weighted by molar-refractivity contribution is 5.94. The minimum atomic E-state index is -0.256. The third-order valence-electron chi connectivity index (χ3n) is 3.28. The first-order chi connectivity index (χ1) is 9.77. The van der Waals surface area contributed by atoms with Gasteiger partial charge in [-0.1, -0.05) is 18.2 Å². The predicted molar refractivity (Wildman–Crippen MR) is 76.3 cm³/mol. The summed E-state index contributed by atoms with van der Waals surface area (Å²) in [7, 11) is 0. The summed E-state index contributed by atoms with van der Waals surface area (Å²) in [5.74, 6) is -0.0302. The largest absolute Gasteiger partial charge is 0.352 e. The Bertz CT molecular complexity index is 405. The van der Waals surface area contributed by atoms with Crippen molar-refractivity contribution in [3.8, 4) is 0 Å². The Balaban J connectivity index is 1.56. The molecule has 3 N–H and O–H groups in total. The Hall–Kier alpha value is -1.43. The number of carbonyl (C=O) groups excluding carboxylic acids is 1. The summed E-state index contributed by atoms with van der Waals surface area (Å²) in [6.07, 6.45) is 2.43. The molecule has 0 aromatic heterocycles. The van der Waals surface area contributed by atoms with Gasteiger partial charge in [-0.05, 0) is 31.4 Å². The van der Waals surface area contributed by atoms with Gasteiger partial charge in [0.05, 0.1) is 19.3 Å². The fourth-order valence-electron chi connectivity index (χ4n) is 2.16. The van der Waals surface area contributed by atoms with Gasteiger partial charge < -0.3 is 20.5 Å². The van der Waals surface area contributed by atoms with Crippen LogP contribution >= 0.6 is 0 Å². The Morgan fingerprint density at radius 2 is 1.95 bits per heavy atom. The van der Waals surface area contributed by atoms with Crippen molar-refractivity contribution in [1.82, 2.24) is 5.32 Å². The molecular weight excluding hydrogens is 256 g/mol. The first kappa shape index (κ1) is 15.0. The van der Waals surface area contributed by atoms with E-state index in [2.05, 4.69) is 5.32 Å². The zero-order valence-electron chi connectivity index (χ0n) is 11.6. The first-order valence-electron chi connectivity index (χ1n) is 7.09. The maximum Gasteiger partial charge on any atom is 0.251 e. The number of hydrogen-bond acceptors (Lipinski definition) is 4. The summed E-state index contributed by atoms with van der Waals surface area (Å²) < 4.78 is 10.7. The molecule has 110 valence electrons. The SMILES string of the molecule is N[C@@H](CCCCNC(=O)c1ccccc1)C1OCCO1. The van der Waals surface area contributed by atoms with Crippen LogP contribution in [-0.4, -0.2) is 38.0 Å². The molecule has 2 rings (SSSR count). The lowest BCUT2D eigenvalue weighted by molar-refractivity contribution is -0.0606. The fourth-order valence-corrected chi connectivity index (χ4v) is 2.16. The van der Waals surface area contributed by atoms with Crippen LogP contribution in [0.5, 0.6) is 0 Å². The molecule has 1 atom stereocenters. The van der Waals surface area contributed by atoms with Crippen molar-refractivity contribution in [2.75, 3.05) is 19.8 Å². The average molecular weight is 278 g/mol. The van der Waals surface area contributed by atoms with Crippen LogP contribution in [0, 0.1) is 0 Å². The third kappa shape index (κ3) is 4.59. The highest BCUT2D eigenvalue weighted by Crippen LogP contribution is 2.11. The van der Waals surface area contributed by atoms with Gasteiger partial charge in [-0.3, -0.25) is 4.79 Å². The summed E-state index contributed by atoms with van der Waals surface area (Å²) in [6, 6.07) is 9.14. The standard InChI is InChI=1S/C15H22N2O3/c16-13(15-19-10-11-20-15)8-4-5-9-17-14(18)12-6-2-1-3-7-12/h1-3,6-7,13,15H,4-5,8-11,16H2,(H,17,18)/t13-/m0/s1. The Morgan fingerprint density at radius 1 is 1.25 bits per heavy atom. The predicted octanol–water partition coefficient (Wildman–Crippen LogP) is 1.29. The number of benzene rings is 1. The molecule has 0 radical (unpaired) electrons. The van der Waals surface area contributed by atoms with E-state index in [0.29, 0.717) is 25.3 Å². The molecule has 1 aliphatic rings. The molecule has 1 heterocycles. The number of carbonyl (C=O) groups is 1. The Morgan fingerprint density at radius 3 is 2.65 bits per heavy atom. The van der Waals surface area contributed by atoms with E-state index in [1.807, 2.05) is 18.2 Å². The molecule has 1 aromatic carbocycles. The zero-order valence-corrected chi connectivity index (χ0v) is 11.6. The number of hydrogen-bond donors (Lipinski definition) is 2. The van der Waals surface area contributed by atoms with Gasteiger partial charge in [0.15, 0.2) is 6.29 Å². The van der Waals surface area contributed by atoms with Gasteiger partial charge in [0.1, 0.15) is 0 Å². The second kappa shape index (κ2) is 7.99. The number of unbranched alkanes of at least 4 members (excludes halogenated alkanes) is 1. The number of ether oxygens (including phenoxy) is 2. The fraction of sp³-hybridized carbons (Fsp3) is 0.533. The molecule has 0 saturated carbocycles. The van der Waals surface area contributed by atoms with Gasteiger partial charge >= 0.3 is 0 Å². The first-order valence-corrected chi connectivity index (χ1v) is 7.09. The highest BCUT2D eigenvalue weighted by Gasteiger charge is 2.22. The van der Waals surface area contributed by atoms with Crippen molar-refractivity contribution >= 4 is 5.91 Å². The minimum absolute atomic E-state index is 0.0302. The third-order valence-corrected chi connectivity index (χ3v) is 3.28. The van der Waals surface area contributed by atoms with Gasteiger partial charge in [0.2, 0.25) is 0 Å². The molecule has 0 unspecified atom stereocenters. The van der Waals surface area contributed by atoms with Gasteiger partial charge in [-0.2, -0.15) is 0 Å². The van der Waals surface area contributed by atoms with Gasteiger partial charge in [-0.15, -0.1) is 0 Å². The molecule has 1 aliphatic heterocycles. The molecule has 1 fully saturated rings. The van der Waals surface area contributed by atoms with Crippen molar-refractivity contribution < 1.29 is 14.3 Å². The molecule has 0 bridgehead atoms. The van der Waals surface area contributed by atoms with Crippen molar-refractivity contribution in [2.45, 2.75) is 31.6 Å². The topological polar surface area (TPSA) is 73.6 Å². The minimum Gasteiger partial charge on any atom is -0.352 e. The monoisotopic (exact) mass is 278 g/mol. The number of amides is 1. The number of rotatable bonds is 7. The van der Waals surface area contributed by atoms with E-state index in [1.54, 1.807) is 12.1 Å². The van der Waals surface area contributed by atoms with E-state index in [-0.39, 0.29) is 18.2 Å². The summed E-state index contributed by atoms with van der Waals surface area (Å²) in [5, 5.41) is 2.90. The summed E-state index contributed by atoms with van der Waals surface area (Å²) in [4.78, 5) is 11.8. The lowest BCUT2D eigenvalue weighted by Gasteiger charge is -2.17. The van der Waals surface area contributed by atoms with Crippen molar-refractivity contribution in [1.29, 1.82) is 0 Å². The number of nitrogens with one attached hydrogen (secondary N) is 1. The van der Waals surface area contributed by atoms with Gasteiger partial charge in [0, 0.05) is 12.1 Å². The Labute approximate surface area is 119 Å². The van der Waals surface area contributed by atoms with Gasteiger partial charge in [0.25, 0.3) is 5.91 Å². The molecule has 20 heavy (non-hydrogen) atoms. The molecule has 1 saturated heterocycles. The highest BCUT2D eigenvalue weighted by atomic mass is 16.7. The molecule has 0 aliphatic carbocycles. The molecule has 0 spiro atoms. The van der Waals surface area contributed by atoms with Crippen LogP contribution in [0.4, 0.5) is 0 Å². The molecule has 5 heteroatoms. The normalized spacial score (nSPS) is 17.1. The molecular formula is C15H22N2O3. The maximum atomic E-state index is 11.8. The molecule has 1 aromatic rings. The average Bonchev–Trinajstić information content (AvgIpc) is 3.01. The van der Waals surface area contributed by atoms with Crippen LogP contribution < -0.4 is 11.1 Å². The van der Waals surface area contributed by atoms with Crippen molar-refractivity contribution in [2.24, 2.45) is 5.73 Å². The van der Waals surface area contributed by atoms with Crippen LogP contribution in [0.25, 0.3) is 0 Å². The van der Waals surface area contributed by atoms with Crippen LogP contribution in [-0.2, 0) is 9.47 Å². The second-order valence-corrected chi connectivity index (χ2v) is 4.89. The van der Waals surface area contributed by atoms with Crippen LogP contribution in [0.1, 0.15) is 29.6 Å². The quantitative estimate of drug-likeness (QED) is 0.737. The molecule has 1 amide bonds. The van der Waals surface area contributed by atoms with Crippen molar-refractivity contribution in [3.05, 3.63) is 35.9 Å². The van der Waals surface area contributed by atoms with E-state index >= 15 is 0 Å². The van der Waals surface area contributed by atoms with Crippen LogP contribution in [0.3, 0.4) is 0 Å². The van der Waals surface area contributed by atoms with Crippen molar-refractivity contribution in [3.63, 3.8) is 0 Å². The maximum absolute atomic E-state index is 11.8. The zero-order chi connectivity index (χ0) is 14.2. The summed E-state index contributed by atoms with van der Waals surface area (Å²) in [5.41, 5.74) is 6.67. The Kier molecular flexibility index (Phi) is 5.98. The lowest BCUT2D eigenvalue weighted by Crippen LogP contribution is -2.35. The smallest absolute Gasteiger partial charge is 0.251 e. The van der Waals surface area contributed by atoms with Crippen LogP contribution in [0.15, 0.2) is 30.3 Å².